The lowest BCUT2D eigenvalue weighted by molar-refractivity contribution is -0.0946. The van der Waals surface area contributed by atoms with Crippen LogP contribution in [0.25, 0.3) is 11.3 Å². The van der Waals surface area contributed by atoms with Gasteiger partial charge < -0.3 is 14.2 Å². The average molecular weight is 421 g/mol. The molecule has 26 heavy (non-hydrogen) atoms. The molecule has 4 rings (SSSR count). The third kappa shape index (κ3) is 3.43. The number of fused-ring (bicyclic) bond motifs is 3. The molecule has 0 saturated carbocycles. The van der Waals surface area contributed by atoms with Gasteiger partial charge in [0.2, 0.25) is 0 Å². The first-order chi connectivity index (χ1) is 12.7. The minimum absolute atomic E-state index is 0.0388. The lowest BCUT2D eigenvalue weighted by Crippen LogP contribution is -2.32. The smallest absolute Gasteiger partial charge is 0.337 e. The molecule has 1 fully saturated rings. The number of esters is 1. The normalized spacial score (nSPS) is 19.4. The monoisotopic (exact) mass is 420 g/mol. The summed E-state index contributed by atoms with van der Waals surface area (Å²) in [7, 11) is 1.40. The van der Waals surface area contributed by atoms with Crippen LogP contribution in [0.2, 0.25) is 0 Å². The largest absolute Gasteiger partial charge is 0.465 e. The van der Waals surface area contributed by atoms with Crippen molar-refractivity contribution in [2.24, 2.45) is 0 Å². The molecule has 1 aromatic heterocycles. The van der Waals surface area contributed by atoms with E-state index in [1.807, 2.05) is 16.8 Å². The highest BCUT2D eigenvalue weighted by Gasteiger charge is 2.24. The number of hydrogen-bond acceptors (Lipinski definition) is 5. The topological polar surface area (TPSA) is 62.6 Å². The van der Waals surface area contributed by atoms with Gasteiger partial charge in [0.15, 0.2) is 0 Å². The number of methoxy groups -OCH3 is 1. The summed E-state index contributed by atoms with van der Waals surface area (Å²) in [5.41, 5.74) is 4.98. The number of nitrogens with zero attached hydrogens (tertiary/aromatic N) is 2. The van der Waals surface area contributed by atoms with Crippen LogP contribution in [0.3, 0.4) is 0 Å². The molecule has 0 radical (unpaired) electrons. The lowest BCUT2D eigenvalue weighted by Gasteiger charge is -2.22. The van der Waals surface area contributed by atoms with Gasteiger partial charge >= 0.3 is 5.97 Å². The number of aryl methyl sites for hydroxylation is 2. The molecule has 1 aliphatic carbocycles. The highest BCUT2D eigenvalue weighted by Crippen LogP contribution is 2.38. The highest BCUT2D eigenvalue weighted by molar-refractivity contribution is 9.10. The van der Waals surface area contributed by atoms with E-state index in [1.54, 1.807) is 0 Å². The number of ether oxygens (including phenoxy) is 3. The fourth-order valence-electron chi connectivity index (χ4n) is 3.63. The molecular formula is C19H21BrN2O4. The molecule has 0 bridgehead atoms. The molecule has 2 aromatic rings. The van der Waals surface area contributed by atoms with Crippen molar-refractivity contribution in [3.63, 3.8) is 0 Å². The van der Waals surface area contributed by atoms with Crippen molar-refractivity contribution >= 4 is 21.9 Å². The summed E-state index contributed by atoms with van der Waals surface area (Å²) in [6, 6.07) is 3.75. The number of aromatic nitrogens is 2. The number of halogens is 1. The van der Waals surface area contributed by atoms with E-state index < -0.39 is 0 Å². The number of hydrogen-bond donors (Lipinski definition) is 0. The summed E-state index contributed by atoms with van der Waals surface area (Å²) in [5, 5.41) is 4.84. The van der Waals surface area contributed by atoms with Crippen LogP contribution in [0, 0.1) is 0 Å². The average Bonchev–Trinajstić information content (AvgIpc) is 2.95. The Kier molecular flexibility index (Phi) is 5.11. The SMILES string of the molecule is COC(=O)c1cc(Br)c2c(c1)CCCc1cn(C[C@H]3COCCO3)nc1-2. The zero-order valence-electron chi connectivity index (χ0n) is 14.7. The summed E-state index contributed by atoms with van der Waals surface area (Å²) in [6.07, 6.45) is 5.05. The molecule has 6 nitrogen and oxygen atoms in total. The highest BCUT2D eigenvalue weighted by atomic mass is 79.9. The second kappa shape index (κ2) is 7.50. The van der Waals surface area contributed by atoms with Gasteiger partial charge in [-0.1, -0.05) is 15.9 Å². The first-order valence-corrected chi connectivity index (χ1v) is 9.62. The summed E-state index contributed by atoms with van der Waals surface area (Å²) in [6.45, 7) is 2.58. The molecule has 0 unspecified atom stereocenters. The Hall–Kier alpha value is -1.70. The van der Waals surface area contributed by atoms with Gasteiger partial charge in [-0.15, -0.1) is 0 Å². The van der Waals surface area contributed by atoms with Crippen molar-refractivity contribution < 1.29 is 19.0 Å². The van der Waals surface area contributed by atoms with Gasteiger partial charge in [0.25, 0.3) is 0 Å². The Labute approximate surface area is 160 Å². The molecule has 0 spiro atoms. The van der Waals surface area contributed by atoms with Crippen molar-refractivity contribution in [2.75, 3.05) is 26.9 Å². The van der Waals surface area contributed by atoms with Gasteiger partial charge in [0.1, 0.15) is 6.10 Å². The molecule has 0 amide bonds. The van der Waals surface area contributed by atoms with E-state index in [1.165, 1.54) is 12.7 Å². The Morgan fingerprint density at radius 3 is 2.96 bits per heavy atom. The maximum atomic E-state index is 11.9. The van der Waals surface area contributed by atoms with Crippen LogP contribution in [0.15, 0.2) is 22.8 Å². The maximum Gasteiger partial charge on any atom is 0.337 e. The minimum Gasteiger partial charge on any atom is -0.465 e. The summed E-state index contributed by atoms with van der Waals surface area (Å²) < 4.78 is 18.9. The second-order valence-corrected chi connectivity index (χ2v) is 7.48. The van der Waals surface area contributed by atoms with Gasteiger partial charge in [-0.3, -0.25) is 4.68 Å². The first kappa shape index (κ1) is 17.7. The number of carbonyl (C=O) groups excluding carboxylic acids is 1. The quantitative estimate of drug-likeness (QED) is 0.714. The number of carbonyl (C=O) groups is 1. The number of rotatable bonds is 3. The molecule has 2 aliphatic rings. The van der Waals surface area contributed by atoms with E-state index in [2.05, 4.69) is 22.1 Å². The van der Waals surface area contributed by atoms with E-state index >= 15 is 0 Å². The summed E-state index contributed by atoms with van der Waals surface area (Å²) in [4.78, 5) is 11.9. The molecule has 7 heteroatoms. The number of benzene rings is 1. The minimum atomic E-state index is -0.321. The van der Waals surface area contributed by atoms with Crippen molar-refractivity contribution in [2.45, 2.75) is 31.9 Å². The standard InChI is InChI=1S/C19H21BrN2O4/c1-24-19(23)14-7-12-3-2-4-13-9-22(10-15-11-25-5-6-26-15)21-18(13)17(12)16(20)8-14/h7-9,15H,2-6,10-11H2,1H3/t15-/m0/s1. The predicted octanol–water partition coefficient (Wildman–Crippen LogP) is 3.00. The van der Waals surface area contributed by atoms with Gasteiger partial charge in [-0.25, -0.2) is 4.79 Å². The Balaban J connectivity index is 1.69. The zero-order valence-corrected chi connectivity index (χ0v) is 16.3. The van der Waals surface area contributed by atoms with Gasteiger partial charge in [-0.2, -0.15) is 5.10 Å². The van der Waals surface area contributed by atoms with E-state index in [-0.39, 0.29) is 12.1 Å². The van der Waals surface area contributed by atoms with Crippen LogP contribution in [-0.4, -0.2) is 48.8 Å². The molecular weight excluding hydrogens is 400 g/mol. The van der Waals surface area contributed by atoms with Crippen molar-refractivity contribution in [1.82, 2.24) is 9.78 Å². The van der Waals surface area contributed by atoms with Gasteiger partial charge in [0.05, 0.1) is 44.7 Å². The van der Waals surface area contributed by atoms with Crippen LogP contribution in [0.1, 0.15) is 27.9 Å². The van der Waals surface area contributed by atoms with Crippen molar-refractivity contribution in [1.29, 1.82) is 0 Å². The van der Waals surface area contributed by atoms with E-state index in [9.17, 15) is 4.79 Å². The molecule has 1 aliphatic heterocycles. The third-order valence-corrected chi connectivity index (χ3v) is 5.46. The molecule has 0 N–H and O–H groups in total. The van der Waals surface area contributed by atoms with Crippen LogP contribution < -0.4 is 0 Å². The zero-order chi connectivity index (χ0) is 18.1. The third-order valence-electron chi connectivity index (χ3n) is 4.84. The van der Waals surface area contributed by atoms with Crippen molar-refractivity contribution in [3.8, 4) is 11.3 Å². The van der Waals surface area contributed by atoms with Crippen LogP contribution >= 0.6 is 15.9 Å². The molecule has 1 atom stereocenters. The maximum absolute atomic E-state index is 11.9. The molecule has 1 saturated heterocycles. The van der Waals surface area contributed by atoms with Crippen molar-refractivity contribution in [3.05, 3.63) is 39.5 Å². The van der Waals surface area contributed by atoms with Crippen LogP contribution in [0.5, 0.6) is 0 Å². The Bertz CT molecular complexity index is 827. The van der Waals surface area contributed by atoms with Crippen LogP contribution in [0.4, 0.5) is 0 Å². The summed E-state index contributed by atoms with van der Waals surface area (Å²) >= 11 is 3.64. The lowest BCUT2D eigenvalue weighted by atomic mass is 9.99. The second-order valence-electron chi connectivity index (χ2n) is 6.63. The van der Waals surface area contributed by atoms with E-state index in [4.69, 9.17) is 19.3 Å². The van der Waals surface area contributed by atoms with Gasteiger partial charge in [-0.05, 0) is 42.5 Å². The van der Waals surface area contributed by atoms with Crippen LogP contribution in [-0.2, 0) is 33.6 Å². The predicted molar refractivity (Wildman–Crippen MR) is 99.3 cm³/mol. The Morgan fingerprint density at radius 1 is 1.35 bits per heavy atom. The van der Waals surface area contributed by atoms with E-state index in [0.29, 0.717) is 31.9 Å². The summed E-state index contributed by atoms with van der Waals surface area (Å²) in [5.74, 6) is -0.321. The molecule has 1 aromatic carbocycles. The van der Waals surface area contributed by atoms with Gasteiger partial charge in [0, 0.05) is 16.2 Å². The Morgan fingerprint density at radius 2 is 2.19 bits per heavy atom. The first-order valence-electron chi connectivity index (χ1n) is 8.82. The fourth-order valence-corrected chi connectivity index (χ4v) is 4.32. The molecule has 2 heterocycles. The molecule has 138 valence electrons. The fraction of sp³-hybridized carbons (Fsp3) is 0.474. The van der Waals surface area contributed by atoms with E-state index in [0.717, 1.165) is 40.6 Å².